The molecule has 16 heavy (non-hydrogen) atoms. The molecule has 0 aliphatic heterocycles. The zero-order valence-corrected chi connectivity index (χ0v) is 9.84. The average Bonchev–Trinajstić information content (AvgIpc) is 2.64. The van der Waals surface area contributed by atoms with Crippen LogP contribution in [0.3, 0.4) is 0 Å². The first kappa shape index (κ1) is 12.2. The van der Waals surface area contributed by atoms with E-state index in [1.807, 2.05) is 13.8 Å². The summed E-state index contributed by atoms with van der Waals surface area (Å²) in [7, 11) is 1.73. The molecule has 0 radical (unpaired) electrons. The van der Waals surface area contributed by atoms with Gasteiger partial charge in [-0.3, -0.25) is 9.48 Å². The lowest BCUT2D eigenvalue weighted by Crippen LogP contribution is -2.38. The molecule has 0 aliphatic rings. The van der Waals surface area contributed by atoms with E-state index >= 15 is 0 Å². The van der Waals surface area contributed by atoms with Crippen LogP contribution in [0.5, 0.6) is 0 Å². The normalized spacial score (nSPS) is 10.2. The Morgan fingerprint density at radius 2 is 2.38 bits per heavy atom. The van der Waals surface area contributed by atoms with Crippen molar-refractivity contribution in [3.8, 4) is 6.07 Å². The lowest BCUT2D eigenvalue weighted by molar-refractivity contribution is 0.0699. The van der Waals surface area contributed by atoms with Gasteiger partial charge in [0.2, 0.25) is 0 Å². The predicted octanol–water partition coefficient (Wildman–Crippen LogP) is 1.18. The summed E-state index contributed by atoms with van der Waals surface area (Å²) in [6, 6.07) is 3.82. The van der Waals surface area contributed by atoms with Gasteiger partial charge in [-0.15, -0.1) is 0 Å². The van der Waals surface area contributed by atoms with Crippen molar-refractivity contribution in [2.75, 3.05) is 6.54 Å². The number of amides is 1. The van der Waals surface area contributed by atoms with E-state index in [2.05, 4.69) is 11.2 Å². The number of carbonyl (C=O) groups is 1. The van der Waals surface area contributed by atoms with Gasteiger partial charge in [0.05, 0.1) is 12.5 Å². The molecule has 1 aromatic rings. The standard InChI is InChI=1S/C11H16N4O/c1-9(2)15(8-4-6-12)11(16)10-5-7-13-14(10)3/h5,7,9H,4,8H2,1-3H3. The highest BCUT2D eigenvalue weighted by molar-refractivity contribution is 5.92. The second kappa shape index (κ2) is 5.31. The van der Waals surface area contributed by atoms with Gasteiger partial charge in [0.25, 0.3) is 5.91 Å². The van der Waals surface area contributed by atoms with Crippen molar-refractivity contribution < 1.29 is 4.79 Å². The van der Waals surface area contributed by atoms with Crippen LogP contribution in [-0.2, 0) is 7.05 Å². The Labute approximate surface area is 95.3 Å². The van der Waals surface area contributed by atoms with Crippen molar-refractivity contribution in [2.45, 2.75) is 26.3 Å². The van der Waals surface area contributed by atoms with Gasteiger partial charge in [0, 0.05) is 25.8 Å². The number of nitrogens with zero attached hydrogens (tertiary/aromatic N) is 4. The summed E-state index contributed by atoms with van der Waals surface area (Å²) in [6.07, 6.45) is 1.94. The maximum Gasteiger partial charge on any atom is 0.272 e. The smallest absolute Gasteiger partial charge is 0.272 e. The van der Waals surface area contributed by atoms with Crippen LogP contribution in [0.2, 0.25) is 0 Å². The van der Waals surface area contributed by atoms with E-state index in [9.17, 15) is 4.79 Å². The molecule has 0 saturated heterocycles. The Morgan fingerprint density at radius 3 is 2.81 bits per heavy atom. The van der Waals surface area contributed by atoms with Gasteiger partial charge in [-0.25, -0.2) is 0 Å². The summed E-state index contributed by atoms with van der Waals surface area (Å²) in [5.74, 6) is -0.0785. The lowest BCUT2D eigenvalue weighted by atomic mass is 10.2. The van der Waals surface area contributed by atoms with Crippen LogP contribution in [0.1, 0.15) is 30.8 Å². The number of aromatic nitrogens is 2. The minimum atomic E-state index is -0.0785. The van der Waals surface area contributed by atoms with E-state index in [4.69, 9.17) is 5.26 Å². The zero-order valence-electron chi connectivity index (χ0n) is 9.84. The van der Waals surface area contributed by atoms with Crippen LogP contribution in [-0.4, -0.2) is 33.2 Å². The second-order valence-corrected chi connectivity index (χ2v) is 3.84. The molecule has 0 fully saturated rings. The Morgan fingerprint density at radius 1 is 1.69 bits per heavy atom. The summed E-state index contributed by atoms with van der Waals surface area (Å²) in [4.78, 5) is 13.8. The van der Waals surface area contributed by atoms with Gasteiger partial charge >= 0.3 is 0 Å². The third-order valence-corrected chi connectivity index (χ3v) is 2.39. The minimum Gasteiger partial charge on any atom is -0.334 e. The third-order valence-electron chi connectivity index (χ3n) is 2.39. The first-order valence-electron chi connectivity index (χ1n) is 5.24. The molecular formula is C11H16N4O. The third kappa shape index (κ3) is 2.60. The van der Waals surface area contributed by atoms with E-state index in [1.54, 1.807) is 28.9 Å². The van der Waals surface area contributed by atoms with Gasteiger partial charge in [-0.1, -0.05) is 0 Å². The van der Waals surface area contributed by atoms with Crippen molar-refractivity contribution in [3.63, 3.8) is 0 Å². The summed E-state index contributed by atoms with van der Waals surface area (Å²) in [5.41, 5.74) is 0.548. The number of hydrogen-bond acceptors (Lipinski definition) is 3. The topological polar surface area (TPSA) is 61.9 Å². The van der Waals surface area contributed by atoms with Crippen LogP contribution in [0.25, 0.3) is 0 Å². The van der Waals surface area contributed by atoms with Gasteiger partial charge < -0.3 is 4.90 Å². The fraction of sp³-hybridized carbons (Fsp3) is 0.545. The molecule has 0 N–H and O–H groups in total. The molecule has 86 valence electrons. The number of nitriles is 1. The SMILES string of the molecule is CC(C)N(CCC#N)C(=O)c1ccnn1C. The Balaban J connectivity index is 2.84. The molecule has 0 atom stereocenters. The zero-order chi connectivity index (χ0) is 12.1. The molecule has 0 bridgehead atoms. The number of rotatable bonds is 4. The van der Waals surface area contributed by atoms with Crippen molar-refractivity contribution in [2.24, 2.45) is 7.05 Å². The van der Waals surface area contributed by atoms with Crippen LogP contribution >= 0.6 is 0 Å². The minimum absolute atomic E-state index is 0.0785. The lowest BCUT2D eigenvalue weighted by Gasteiger charge is -2.25. The van der Waals surface area contributed by atoms with E-state index in [0.717, 1.165) is 0 Å². The van der Waals surface area contributed by atoms with Crippen molar-refractivity contribution >= 4 is 5.91 Å². The Hall–Kier alpha value is -1.83. The quantitative estimate of drug-likeness (QED) is 0.765. The fourth-order valence-electron chi connectivity index (χ4n) is 1.50. The van der Waals surface area contributed by atoms with E-state index in [-0.39, 0.29) is 11.9 Å². The van der Waals surface area contributed by atoms with Gasteiger partial charge in [-0.05, 0) is 19.9 Å². The highest BCUT2D eigenvalue weighted by Crippen LogP contribution is 2.08. The highest BCUT2D eigenvalue weighted by Gasteiger charge is 2.20. The van der Waals surface area contributed by atoms with Crippen molar-refractivity contribution in [1.29, 1.82) is 5.26 Å². The number of aryl methyl sites for hydroxylation is 1. The number of carbonyl (C=O) groups excluding carboxylic acids is 1. The second-order valence-electron chi connectivity index (χ2n) is 3.84. The highest BCUT2D eigenvalue weighted by atomic mass is 16.2. The van der Waals surface area contributed by atoms with Crippen molar-refractivity contribution in [3.05, 3.63) is 18.0 Å². The van der Waals surface area contributed by atoms with Gasteiger partial charge in [0.15, 0.2) is 0 Å². The Kier molecular flexibility index (Phi) is 4.06. The number of hydrogen-bond donors (Lipinski definition) is 0. The molecule has 0 aromatic carbocycles. The molecule has 0 unspecified atom stereocenters. The maximum absolute atomic E-state index is 12.1. The van der Waals surface area contributed by atoms with E-state index in [1.165, 1.54) is 0 Å². The first-order valence-corrected chi connectivity index (χ1v) is 5.24. The largest absolute Gasteiger partial charge is 0.334 e. The summed E-state index contributed by atoms with van der Waals surface area (Å²) >= 11 is 0. The van der Waals surface area contributed by atoms with Crippen LogP contribution in [0, 0.1) is 11.3 Å². The van der Waals surface area contributed by atoms with Crippen LogP contribution < -0.4 is 0 Å². The van der Waals surface area contributed by atoms with Gasteiger partial charge in [0.1, 0.15) is 5.69 Å². The molecule has 0 spiro atoms. The molecule has 5 heteroatoms. The Bertz CT molecular complexity index is 402. The van der Waals surface area contributed by atoms with Crippen molar-refractivity contribution in [1.82, 2.24) is 14.7 Å². The summed E-state index contributed by atoms with van der Waals surface area (Å²) < 4.78 is 1.55. The molecule has 1 amide bonds. The van der Waals surface area contributed by atoms with E-state index in [0.29, 0.717) is 18.7 Å². The fourth-order valence-corrected chi connectivity index (χ4v) is 1.50. The van der Waals surface area contributed by atoms with E-state index < -0.39 is 0 Å². The average molecular weight is 220 g/mol. The predicted molar refractivity (Wildman–Crippen MR) is 59.6 cm³/mol. The molecule has 1 aromatic heterocycles. The molecule has 0 saturated carbocycles. The molecule has 1 rings (SSSR count). The first-order chi connectivity index (χ1) is 7.57. The summed E-state index contributed by atoms with van der Waals surface area (Å²) in [5, 5.41) is 12.5. The molecule has 5 nitrogen and oxygen atoms in total. The summed E-state index contributed by atoms with van der Waals surface area (Å²) in [6.45, 7) is 4.33. The van der Waals surface area contributed by atoms with Crippen LogP contribution in [0.4, 0.5) is 0 Å². The maximum atomic E-state index is 12.1. The molecule has 0 aliphatic carbocycles. The van der Waals surface area contributed by atoms with Gasteiger partial charge in [-0.2, -0.15) is 10.4 Å². The van der Waals surface area contributed by atoms with Crippen LogP contribution in [0.15, 0.2) is 12.3 Å². The molecule has 1 heterocycles. The monoisotopic (exact) mass is 220 g/mol. The molecular weight excluding hydrogens is 204 g/mol.